The van der Waals surface area contributed by atoms with Crippen LogP contribution in [-0.4, -0.2) is 43.1 Å². The van der Waals surface area contributed by atoms with Crippen LogP contribution in [0.5, 0.6) is 5.75 Å². The van der Waals surface area contributed by atoms with E-state index in [2.05, 4.69) is 17.1 Å². The molecule has 2 atom stereocenters. The minimum absolute atomic E-state index is 0.125. The number of nitrogens with zero attached hydrogens (tertiary/aromatic N) is 1. The van der Waals surface area contributed by atoms with E-state index in [-0.39, 0.29) is 11.9 Å². The molecule has 5 heteroatoms. The normalized spacial score (nSPS) is 27.9. The van der Waals surface area contributed by atoms with Crippen LogP contribution in [0, 0.1) is 5.92 Å². The van der Waals surface area contributed by atoms with Crippen LogP contribution in [0.15, 0.2) is 40.8 Å². The molecule has 0 saturated carbocycles. The van der Waals surface area contributed by atoms with Crippen molar-refractivity contribution in [2.45, 2.75) is 31.8 Å². The Balaban J connectivity index is 1.49. The number of amides is 1. The number of piperidine rings is 3. The number of hydrogen-bond donors (Lipinski definition) is 1. The highest BCUT2D eigenvalue weighted by Crippen LogP contribution is 2.32. The van der Waals surface area contributed by atoms with E-state index in [1.807, 2.05) is 30.3 Å². The van der Waals surface area contributed by atoms with Gasteiger partial charge in [-0.1, -0.05) is 12.1 Å². The van der Waals surface area contributed by atoms with Gasteiger partial charge in [-0.25, -0.2) is 0 Å². The van der Waals surface area contributed by atoms with Crippen molar-refractivity contribution < 1.29 is 13.9 Å². The molecule has 3 saturated heterocycles. The summed E-state index contributed by atoms with van der Waals surface area (Å²) in [5, 5.41) is 3.20. The molecule has 5 rings (SSSR count). The minimum Gasteiger partial charge on any atom is -0.497 e. The predicted octanol–water partition coefficient (Wildman–Crippen LogP) is 3.17. The standard InChI is InChI=1S/C20H24N2O3/c1-13-19(14-8-10-22(13)11-9-14)21-20(23)18-7-6-17(25-18)15-4-3-5-16(12-15)24-2/h3-7,12-14,19H,8-11H2,1-2H3,(H,21,23). The second kappa shape index (κ2) is 6.56. The molecule has 3 aliphatic heterocycles. The van der Waals surface area contributed by atoms with Crippen LogP contribution < -0.4 is 10.1 Å². The number of rotatable bonds is 4. The van der Waals surface area contributed by atoms with Gasteiger partial charge in [0.2, 0.25) is 0 Å². The lowest BCUT2D eigenvalue weighted by atomic mass is 9.79. The average molecular weight is 340 g/mol. The Bertz CT molecular complexity index is 760. The van der Waals surface area contributed by atoms with Crippen molar-refractivity contribution in [3.63, 3.8) is 0 Å². The number of benzene rings is 1. The lowest BCUT2D eigenvalue weighted by Gasteiger charge is -2.49. The van der Waals surface area contributed by atoms with E-state index in [0.717, 1.165) is 24.4 Å². The number of furan rings is 1. The molecule has 0 spiro atoms. The first-order valence-corrected chi connectivity index (χ1v) is 8.95. The lowest BCUT2D eigenvalue weighted by molar-refractivity contribution is 0.0211. The fraction of sp³-hybridized carbons (Fsp3) is 0.450. The third-order valence-corrected chi connectivity index (χ3v) is 5.66. The first-order chi connectivity index (χ1) is 12.2. The smallest absolute Gasteiger partial charge is 0.287 e. The number of fused-ring (bicyclic) bond motifs is 3. The topological polar surface area (TPSA) is 54.7 Å². The maximum absolute atomic E-state index is 12.7. The first kappa shape index (κ1) is 16.2. The number of nitrogens with one attached hydrogen (secondary N) is 1. The molecule has 25 heavy (non-hydrogen) atoms. The Morgan fingerprint density at radius 2 is 2.04 bits per heavy atom. The summed E-state index contributed by atoms with van der Waals surface area (Å²) in [5.41, 5.74) is 0.898. The van der Waals surface area contributed by atoms with Gasteiger partial charge in [0.25, 0.3) is 5.91 Å². The van der Waals surface area contributed by atoms with Gasteiger partial charge in [-0.3, -0.25) is 9.69 Å². The van der Waals surface area contributed by atoms with Crippen LogP contribution in [0.3, 0.4) is 0 Å². The fourth-order valence-electron chi connectivity index (χ4n) is 4.16. The molecule has 0 radical (unpaired) electrons. The van der Waals surface area contributed by atoms with Crippen LogP contribution in [0.2, 0.25) is 0 Å². The number of carbonyl (C=O) groups is 1. The van der Waals surface area contributed by atoms with Gasteiger partial charge >= 0.3 is 0 Å². The van der Waals surface area contributed by atoms with Crippen molar-refractivity contribution in [2.24, 2.45) is 5.92 Å². The van der Waals surface area contributed by atoms with Gasteiger partial charge in [0, 0.05) is 17.6 Å². The van der Waals surface area contributed by atoms with E-state index in [1.54, 1.807) is 13.2 Å². The predicted molar refractivity (Wildman–Crippen MR) is 95.7 cm³/mol. The zero-order valence-corrected chi connectivity index (χ0v) is 14.7. The van der Waals surface area contributed by atoms with Gasteiger partial charge in [0.1, 0.15) is 11.5 Å². The summed E-state index contributed by atoms with van der Waals surface area (Å²) in [6, 6.07) is 11.8. The molecule has 3 fully saturated rings. The second-order valence-corrected chi connectivity index (χ2v) is 7.01. The maximum atomic E-state index is 12.7. The molecular weight excluding hydrogens is 316 g/mol. The summed E-state index contributed by atoms with van der Waals surface area (Å²) < 4.78 is 11.1. The van der Waals surface area contributed by atoms with Crippen LogP contribution in [0.4, 0.5) is 0 Å². The molecule has 4 heterocycles. The SMILES string of the molecule is COc1cccc(-c2ccc(C(=O)NC3C4CCN(CC4)C3C)o2)c1. The molecule has 2 unspecified atom stereocenters. The van der Waals surface area contributed by atoms with Crippen molar-refractivity contribution >= 4 is 5.91 Å². The highest BCUT2D eigenvalue weighted by atomic mass is 16.5. The molecule has 3 aliphatic rings. The van der Waals surface area contributed by atoms with E-state index < -0.39 is 0 Å². The zero-order valence-electron chi connectivity index (χ0n) is 14.7. The zero-order chi connectivity index (χ0) is 17.4. The Labute approximate surface area is 148 Å². The summed E-state index contributed by atoms with van der Waals surface area (Å²) >= 11 is 0. The van der Waals surface area contributed by atoms with Gasteiger partial charge in [-0.05, 0) is 63.0 Å². The molecule has 2 aromatic rings. The van der Waals surface area contributed by atoms with E-state index in [1.165, 1.54) is 12.8 Å². The third kappa shape index (κ3) is 3.04. The van der Waals surface area contributed by atoms with Gasteiger partial charge in [-0.2, -0.15) is 0 Å². The van der Waals surface area contributed by atoms with Crippen molar-refractivity contribution in [2.75, 3.05) is 20.2 Å². The average Bonchev–Trinajstić information content (AvgIpc) is 3.15. The quantitative estimate of drug-likeness (QED) is 0.929. The van der Waals surface area contributed by atoms with E-state index in [4.69, 9.17) is 9.15 Å². The Morgan fingerprint density at radius 1 is 1.24 bits per heavy atom. The summed E-state index contributed by atoms with van der Waals surface area (Å²) in [5.74, 6) is 2.25. The van der Waals surface area contributed by atoms with Crippen LogP contribution in [0.25, 0.3) is 11.3 Å². The molecule has 5 nitrogen and oxygen atoms in total. The number of carbonyl (C=O) groups excluding carboxylic acids is 1. The van der Waals surface area contributed by atoms with E-state index in [0.29, 0.717) is 23.5 Å². The molecular formula is C20H24N2O3. The van der Waals surface area contributed by atoms with Crippen LogP contribution in [-0.2, 0) is 0 Å². The lowest BCUT2D eigenvalue weighted by Crippen LogP contribution is -2.62. The first-order valence-electron chi connectivity index (χ1n) is 8.95. The van der Waals surface area contributed by atoms with Crippen LogP contribution >= 0.6 is 0 Å². The largest absolute Gasteiger partial charge is 0.497 e. The van der Waals surface area contributed by atoms with Crippen LogP contribution in [0.1, 0.15) is 30.3 Å². The number of hydrogen-bond acceptors (Lipinski definition) is 4. The molecule has 132 valence electrons. The monoisotopic (exact) mass is 340 g/mol. The molecule has 1 aromatic heterocycles. The van der Waals surface area contributed by atoms with E-state index >= 15 is 0 Å². The summed E-state index contributed by atoms with van der Waals surface area (Å²) in [6.45, 7) is 4.51. The van der Waals surface area contributed by atoms with E-state index in [9.17, 15) is 4.79 Å². The summed E-state index contributed by atoms with van der Waals surface area (Å²) in [7, 11) is 1.63. The molecule has 0 aliphatic carbocycles. The van der Waals surface area contributed by atoms with Gasteiger partial charge in [0.05, 0.1) is 7.11 Å². The van der Waals surface area contributed by atoms with Crippen molar-refractivity contribution in [3.05, 3.63) is 42.2 Å². The Morgan fingerprint density at radius 3 is 2.76 bits per heavy atom. The van der Waals surface area contributed by atoms with Gasteiger partial charge in [-0.15, -0.1) is 0 Å². The molecule has 2 bridgehead atoms. The Hall–Kier alpha value is -2.27. The van der Waals surface area contributed by atoms with Crippen molar-refractivity contribution in [3.8, 4) is 17.1 Å². The second-order valence-electron chi connectivity index (χ2n) is 7.01. The summed E-state index contributed by atoms with van der Waals surface area (Å²) in [4.78, 5) is 15.1. The van der Waals surface area contributed by atoms with Crippen molar-refractivity contribution in [1.82, 2.24) is 10.2 Å². The third-order valence-electron chi connectivity index (χ3n) is 5.66. The molecule has 1 amide bonds. The maximum Gasteiger partial charge on any atom is 0.287 e. The molecule has 1 aromatic carbocycles. The summed E-state index contributed by atoms with van der Waals surface area (Å²) in [6.07, 6.45) is 2.34. The minimum atomic E-state index is -0.125. The molecule has 1 N–H and O–H groups in total. The number of ether oxygens (including phenoxy) is 1. The van der Waals surface area contributed by atoms with Crippen molar-refractivity contribution in [1.29, 1.82) is 0 Å². The highest BCUT2D eigenvalue weighted by Gasteiger charge is 2.40. The van der Waals surface area contributed by atoms with Gasteiger partial charge < -0.3 is 14.5 Å². The highest BCUT2D eigenvalue weighted by molar-refractivity contribution is 5.92. The Kier molecular flexibility index (Phi) is 4.25. The van der Waals surface area contributed by atoms with Gasteiger partial charge in [0.15, 0.2) is 5.76 Å². The number of methoxy groups -OCH3 is 1. The fourth-order valence-corrected chi connectivity index (χ4v) is 4.16.